The van der Waals surface area contributed by atoms with Crippen LogP contribution >= 0.6 is 24.0 Å². The molecule has 15 heavy (non-hydrogen) atoms. The quantitative estimate of drug-likeness (QED) is 0.820. The highest BCUT2D eigenvalue weighted by atomic mass is 32.1. The van der Waals surface area contributed by atoms with Crippen molar-refractivity contribution in [3.8, 4) is 0 Å². The average molecular weight is 243 g/mol. The summed E-state index contributed by atoms with van der Waals surface area (Å²) in [4.78, 5) is 6.01. The highest BCUT2D eigenvalue weighted by molar-refractivity contribution is 7.79. The van der Waals surface area contributed by atoms with Crippen LogP contribution in [0.4, 0.5) is 0 Å². The molecule has 0 amide bonds. The van der Waals surface area contributed by atoms with E-state index in [-0.39, 0.29) is 6.10 Å². The summed E-state index contributed by atoms with van der Waals surface area (Å²) in [5.74, 6) is 1.27. The van der Waals surface area contributed by atoms with Crippen molar-refractivity contribution in [2.24, 2.45) is 0 Å². The summed E-state index contributed by atoms with van der Waals surface area (Å²) in [6.45, 7) is 5.25. The molecule has 2 heterocycles. The molecule has 1 saturated heterocycles. The normalized spacial score (nSPS) is 21.5. The van der Waals surface area contributed by atoms with Gasteiger partial charge in [-0.05, 0) is 18.8 Å². The Kier molecular flexibility index (Phi) is 3.69. The van der Waals surface area contributed by atoms with Gasteiger partial charge < -0.3 is 4.74 Å². The van der Waals surface area contributed by atoms with Crippen LogP contribution in [0.2, 0.25) is 0 Å². The monoisotopic (exact) mass is 243 g/mol. The van der Waals surface area contributed by atoms with Crippen molar-refractivity contribution in [3.63, 3.8) is 0 Å². The number of ether oxygens (including phenoxy) is 1. The van der Waals surface area contributed by atoms with E-state index in [1.807, 2.05) is 0 Å². The van der Waals surface area contributed by atoms with Crippen LogP contribution in [0.15, 0.2) is 0 Å². The van der Waals surface area contributed by atoms with Gasteiger partial charge in [-0.2, -0.15) is 12.6 Å². The third-order valence-electron chi connectivity index (χ3n) is 2.64. The van der Waals surface area contributed by atoms with Gasteiger partial charge in [-0.15, -0.1) is 11.3 Å². The first-order chi connectivity index (χ1) is 7.22. The Morgan fingerprint density at radius 2 is 2.40 bits per heavy atom. The van der Waals surface area contributed by atoms with Crippen LogP contribution in [-0.4, -0.2) is 11.6 Å². The van der Waals surface area contributed by atoms with Crippen molar-refractivity contribution < 1.29 is 4.74 Å². The number of aromatic nitrogens is 1. The fraction of sp³-hybridized carbons (Fsp3) is 0.727. The smallest absolute Gasteiger partial charge is 0.122 e. The van der Waals surface area contributed by atoms with Crippen molar-refractivity contribution in [2.45, 2.75) is 44.5 Å². The lowest BCUT2D eigenvalue weighted by molar-refractivity contribution is 0.111. The van der Waals surface area contributed by atoms with E-state index in [0.717, 1.165) is 30.2 Å². The maximum Gasteiger partial charge on any atom is 0.122 e. The van der Waals surface area contributed by atoms with Gasteiger partial charge in [-0.25, -0.2) is 4.98 Å². The van der Waals surface area contributed by atoms with E-state index >= 15 is 0 Å². The predicted molar refractivity (Wildman–Crippen MR) is 66.8 cm³/mol. The molecule has 2 nitrogen and oxygen atoms in total. The minimum absolute atomic E-state index is 0.251. The second-order valence-electron chi connectivity index (χ2n) is 4.17. The number of thiazole rings is 1. The Bertz CT molecular complexity index is 329. The van der Waals surface area contributed by atoms with E-state index in [1.165, 1.54) is 10.6 Å². The molecule has 1 atom stereocenters. The summed E-state index contributed by atoms with van der Waals surface area (Å²) in [5.41, 5.74) is 1.21. The zero-order valence-electron chi connectivity index (χ0n) is 9.19. The van der Waals surface area contributed by atoms with Gasteiger partial charge in [0.1, 0.15) is 11.1 Å². The largest absolute Gasteiger partial charge is 0.371 e. The molecular formula is C11H17NOS2. The Balaban J connectivity index is 2.25. The molecule has 2 rings (SSSR count). The molecule has 0 radical (unpaired) electrons. The summed E-state index contributed by atoms with van der Waals surface area (Å²) < 4.78 is 5.65. The summed E-state index contributed by atoms with van der Waals surface area (Å²) in [6, 6.07) is 0. The molecule has 1 unspecified atom stereocenters. The van der Waals surface area contributed by atoms with Crippen LogP contribution in [0.1, 0.15) is 54.3 Å². The molecule has 1 aromatic rings. The van der Waals surface area contributed by atoms with E-state index in [1.54, 1.807) is 11.3 Å². The average Bonchev–Trinajstić information content (AvgIpc) is 2.86. The lowest BCUT2D eigenvalue weighted by Crippen LogP contribution is -1.96. The molecule has 1 aliphatic heterocycles. The van der Waals surface area contributed by atoms with E-state index in [2.05, 4.69) is 26.5 Å². The molecule has 0 saturated carbocycles. The van der Waals surface area contributed by atoms with Gasteiger partial charge in [0.15, 0.2) is 0 Å². The number of hydrogen-bond donors (Lipinski definition) is 1. The van der Waals surface area contributed by atoms with Crippen LogP contribution in [0.25, 0.3) is 0 Å². The summed E-state index contributed by atoms with van der Waals surface area (Å²) >= 11 is 6.13. The third-order valence-corrected chi connectivity index (χ3v) is 4.33. The van der Waals surface area contributed by atoms with Crippen molar-refractivity contribution >= 4 is 24.0 Å². The van der Waals surface area contributed by atoms with E-state index in [9.17, 15) is 0 Å². The fourth-order valence-electron chi connectivity index (χ4n) is 1.86. The van der Waals surface area contributed by atoms with Crippen molar-refractivity contribution in [3.05, 3.63) is 15.6 Å². The number of nitrogens with zero attached hydrogens (tertiary/aromatic N) is 1. The predicted octanol–water partition coefficient (Wildman–Crippen LogP) is 3.55. The number of hydrogen-bond acceptors (Lipinski definition) is 4. The fourth-order valence-corrected chi connectivity index (χ4v) is 3.38. The maximum atomic E-state index is 5.65. The van der Waals surface area contributed by atoms with Gasteiger partial charge in [0.05, 0.1) is 5.69 Å². The van der Waals surface area contributed by atoms with Gasteiger partial charge in [0, 0.05) is 17.2 Å². The first-order valence-corrected chi connectivity index (χ1v) is 6.89. The molecular weight excluding hydrogens is 226 g/mol. The summed E-state index contributed by atoms with van der Waals surface area (Å²) in [6.07, 6.45) is 2.54. The molecule has 1 aliphatic rings. The van der Waals surface area contributed by atoms with Crippen LogP contribution < -0.4 is 0 Å². The zero-order chi connectivity index (χ0) is 10.8. The minimum atomic E-state index is 0.251. The molecule has 1 fully saturated rings. The van der Waals surface area contributed by atoms with E-state index < -0.39 is 0 Å². The molecule has 84 valence electrons. The highest BCUT2D eigenvalue weighted by Crippen LogP contribution is 2.35. The van der Waals surface area contributed by atoms with Gasteiger partial charge in [0.25, 0.3) is 0 Å². The number of rotatable bonds is 3. The number of thiol groups is 1. The molecule has 0 spiro atoms. The molecule has 0 bridgehead atoms. The molecule has 4 heteroatoms. The van der Waals surface area contributed by atoms with Crippen LogP contribution in [0, 0.1) is 0 Å². The van der Waals surface area contributed by atoms with E-state index in [0.29, 0.717) is 5.92 Å². The van der Waals surface area contributed by atoms with Crippen molar-refractivity contribution in [1.29, 1.82) is 0 Å². The SMILES string of the molecule is CC(C)c1nc(C2CCCO2)sc1CS. The molecule has 0 aliphatic carbocycles. The van der Waals surface area contributed by atoms with Gasteiger partial charge in [-0.3, -0.25) is 0 Å². The lowest BCUT2D eigenvalue weighted by Gasteiger charge is -2.04. The Morgan fingerprint density at radius 1 is 1.60 bits per heavy atom. The molecule has 0 aromatic carbocycles. The van der Waals surface area contributed by atoms with Crippen LogP contribution in [0.5, 0.6) is 0 Å². The van der Waals surface area contributed by atoms with Crippen LogP contribution in [-0.2, 0) is 10.5 Å². The van der Waals surface area contributed by atoms with Crippen molar-refractivity contribution in [2.75, 3.05) is 6.61 Å². The Labute approximate surface area is 100 Å². The molecule has 1 aromatic heterocycles. The second-order valence-corrected chi connectivity index (χ2v) is 5.61. The molecule has 0 N–H and O–H groups in total. The topological polar surface area (TPSA) is 22.1 Å². The minimum Gasteiger partial charge on any atom is -0.371 e. The lowest BCUT2D eigenvalue weighted by atomic mass is 10.1. The summed E-state index contributed by atoms with van der Waals surface area (Å²) in [7, 11) is 0. The maximum absolute atomic E-state index is 5.65. The first kappa shape index (κ1) is 11.4. The Morgan fingerprint density at radius 3 is 2.87 bits per heavy atom. The van der Waals surface area contributed by atoms with Gasteiger partial charge in [-0.1, -0.05) is 13.8 Å². The standard InChI is InChI=1S/C11H17NOS2/c1-7(2)10-9(6-14)15-11(12-10)8-4-3-5-13-8/h7-8,14H,3-6H2,1-2H3. The van der Waals surface area contributed by atoms with Crippen molar-refractivity contribution in [1.82, 2.24) is 4.98 Å². The van der Waals surface area contributed by atoms with Gasteiger partial charge in [0.2, 0.25) is 0 Å². The summed E-state index contributed by atoms with van der Waals surface area (Å²) in [5, 5.41) is 1.15. The zero-order valence-corrected chi connectivity index (χ0v) is 10.9. The van der Waals surface area contributed by atoms with Gasteiger partial charge >= 0.3 is 0 Å². The van der Waals surface area contributed by atoms with E-state index in [4.69, 9.17) is 9.72 Å². The third kappa shape index (κ3) is 2.37. The Hall–Kier alpha value is -0.0600. The first-order valence-electron chi connectivity index (χ1n) is 5.44. The van der Waals surface area contributed by atoms with Crippen LogP contribution in [0.3, 0.4) is 0 Å². The highest BCUT2D eigenvalue weighted by Gasteiger charge is 2.23. The second kappa shape index (κ2) is 4.85.